The molecule has 0 aliphatic carbocycles. The number of benzene rings is 1. The number of aliphatic hydroxyl groups is 2. The molecule has 7 nitrogen and oxygen atoms in total. The van der Waals surface area contributed by atoms with Gasteiger partial charge in [0.05, 0.1) is 33.0 Å². The van der Waals surface area contributed by atoms with Gasteiger partial charge < -0.3 is 24.8 Å². The Hall–Kier alpha value is -1.96. The van der Waals surface area contributed by atoms with Crippen LogP contribution in [0.5, 0.6) is 0 Å². The highest BCUT2D eigenvalue weighted by atomic mass is 16.5. The number of carboxylic acid groups (broad SMARTS) is 1. The maximum absolute atomic E-state index is 11.3. The minimum atomic E-state index is -0.823. The van der Waals surface area contributed by atoms with E-state index in [4.69, 9.17) is 20.1 Å². The first-order chi connectivity index (χ1) is 12.6. The highest BCUT2D eigenvalue weighted by Gasteiger charge is 2.04. The van der Waals surface area contributed by atoms with Gasteiger partial charge in [-0.05, 0) is 31.2 Å². The molecule has 0 aliphatic heterocycles. The predicted molar refractivity (Wildman–Crippen MR) is 96.8 cm³/mol. The first-order valence-electron chi connectivity index (χ1n) is 8.81. The fourth-order valence-corrected chi connectivity index (χ4v) is 1.96. The number of carbonyl (C=O) groups is 2. The van der Waals surface area contributed by atoms with E-state index in [-0.39, 0.29) is 25.6 Å². The van der Waals surface area contributed by atoms with Crippen LogP contribution in [-0.4, -0.2) is 60.3 Å². The van der Waals surface area contributed by atoms with Gasteiger partial charge in [-0.25, -0.2) is 0 Å². The monoisotopic (exact) mass is 370 g/mol. The molecule has 3 N–H and O–H groups in total. The Bertz CT molecular complexity index is 458. The van der Waals surface area contributed by atoms with Gasteiger partial charge in [-0.3, -0.25) is 9.59 Å². The summed E-state index contributed by atoms with van der Waals surface area (Å²) in [5.74, 6) is -1.06. The van der Waals surface area contributed by atoms with E-state index in [1.54, 1.807) is 0 Å². The van der Waals surface area contributed by atoms with E-state index in [2.05, 4.69) is 4.74 Å². The summed E-state index contributed by atoms with van der Waals surface area (Å²) in [7, 11) is 0. The third kappa shape index (κ3) is 16.9. The third-order valence-electron chi connectivity index (χ3n) is 3.21. The van der Waals surface area contributed by atoms with Crippen molar-refractivity contribution in [3.8, 4) is 0 Å². The first kappa shape index (κ1) is 24.0. The van der Waals surface area contributed by atoms with Crippen molar-refractivity contribution >= 4 is 11.9 Å². The van der Waals surface area contributed by atoms with Gasteiger partial charge >= 0.3 is 11.9 Å². The van der Waals surface area contributed by atoms with Crippen molar-refractivity contribution < 1.29 is 34.4 Å². The molecular weight excluding hydrogens is 340 g/mol. The van der Waals surface area contributed by atoms with Crippen LogP contribution in [-0.2, 0) is 25.5 Å². The number of ether oxygens (including phenoxy) is 2. The van der Waals surface area contributed by atoms with E-state index in [9.17, 15) is 9.59 Å². The number of rotatable bonds is 13. The molecule has 0 heterocycles. The summed E-state index contributed by atoms with van der Waals surface area (Å²) >= 11 is 0. The van der Waals surface area contributed by atoms with Crippen LogP contribution in [0.4, 0.5) is 0 Å². The van der Waals surface area contributed by atoms with Gasteiger partial charge in [0.1, 0.15) is 0 Å². The van der Waals surface area contributed by atoms with Gasteiger partial charge in [0.25, 0.3) is 0 Å². The molecule has 0 bridgehead atoms. The van der Waals surface area contributed by atoms with E-state index in [0.29, 0.717) is 39.1 Å². The van der Waals surface area contributed by atoms with Gasteiger partial charge in [-0.2, -0.15) is 0 Å². The van der Waals surface area contributed by atoms with Crippen LogP contribution in [0.1, 0.15) is 37.7 Å². The van der Waals surface area contributed by atoms with Crippen molar-refractivity contribution in [2.75, 3.05) is 33.0 Å². The molecule has 0 radical (unpaired) electrons. The molecule has 26 heavy (non-hydrogen) atoms. The van der Waals surface area contributed by atoms with Crippen molar-refractivity contribution in [2.45, 2.75) is 38.5 Å². The smallest absolute Gasteiger partial charge is 0.305 e. The van der Waals surface area contributed by atoms with Crippen molar-refractivity contribution in [3.05, 3.63) is 35.9 Å². The molecule has 0 amide bonds. The maximum atomic E-state index is 11.3. The minimum absolute atomic E-state index is 0.0278. The lowest BCUT2D eigenvalue weighted by Crippen LogP contribution is -2.06. The zero-order chi connectivity index (χ0) is 19.5. The van der Waals surface area contributed by atoms with Gasteiger partial charge in [0.2, 0.25) is 0 Å². The molecule has 0 aliphatic rings. The number of aliphatic carboxylic acids is 1. The summed E-state index contributed by atoms with van der Waals surface area (Å²) in [5, 5.41) is 24.6. The Balaban J connectivity index is 0.000000758. The maximum Gasteiger partial charge on any atom is 0.305 e. The average Bonchev–Trinajstić information content (AvgIpc) is 2.64. The summed E-state index contributed by atoms with van der Waals surface area (Å²) in [5.41, 5.74) is 1.24. The van der Waals surface area contributed by atoms with E-state index in [1.807, 2.05) is 30.3 Å². The number of aliphatic hydroxyl groups excluding tert-OH is 2. The Kier molecular flexibility index (Phi) is 16.5. The predicted octanol–water partition coefficient (Wildman–Crippen LogP) is 1.79. The Morgan fingerprint density at radius 2 is 1.46 bits per heavy atom. The highest BCUT2D eigenvalue weighted by molar-refractivity contribution is 5.69. The summed E-state index contributed by atoms with van der Waals surface area (Å²) in [4.78, 5) is 21.6. The average molecular weight is 370 g/mol. The molecule has 0 fully saturated rings. The third-order valence-corrected chi connectivity index (χ3v) is 3.21. The van der Waals surface area contributed by atoms with E-state index < -0.39 is 5.97 Å². The van der Waals surface area contributed by atoms with Crippen molar-refractivity contribution in [1.29, 1.82) is 0 Å². The van der Waals surface area contributed by atoms with Crippen molar-refractivity contribution in [2.24, 2.45) is 0 Å². The molecule has 0 aromatic heterocycles. The van der Waals surface area contributed by atoms with E-state index in [0.717, 1.165) is 12.8 Å². The molecule has 0 atom stereocenters. The summed E-state index contributed by atoms with van der Waals surface area (Å²) in [6.07, 6.45) is 3.22. The van der Waals surface area contributed by atoms with Crippen molar-refractivity contribution in [3.63, 3.8) is 0 Å². The summed E-state index contributed by atoms with van der Waals surface area (Å²) in [6.45, 7) is 1.12. The Labute approximate surface area is 154 Å². The number of unbranched alkanes of at least 4 members (excludes halogenated alkanes) is 1. The molecule has 1 aromatic carbocycles. The molecule has 0 spiro atoms. The number of hydrogen-bond donors (Lipinski definition) is 3. The van der Waals surface area contributed by atoms with Crippen LogP contribution < -0.4 is 0 Å². The molecule has 0 saturated heterocycles. The molecule has 1 rings (SSSR count). The van der Waals surface area contributed by atoms with Crippen LogP contribution >= 0.6 is 0 Å². The van der Waals surface area contributed by atoms with Crippen LogP contribution in [0.25, 0.3) is 0 Å². The number of carboxylic acids is 1. The second-order valence-electron chi connectivity index (χ2n) is 5.47. The number of aryl methyl sites for hydroxylation is 1. The van der Waals surface area contributed by atoms with Crippen molar-refractivity contribution in [1.82, 2.24) is 0 Å². The van der Waals surface area contributed by atoms with Gasteiger partial charge in [-0.1, -0.05) is 30.3 Å². The lowest BCUT2D eigenvalue weighted by molar-refractivity contribution is -0.144. The van der Waals surface area contributed by atoms with Gasteiger partial charge in [0, 0.05) is 12.8 Å². The highest BCUT2D eigenvalue weighted by Crippen LogP contribution is 2.04. The lowest BCUT2D eigenvalue weighted by Gasteiger charge is -2.04. The van der Waals surface area contributed by atoms with E-state index in [1.165, 1.54) is 5.56 Å². The number of hydrogen-bond acceptors (Lipinski definition) is 6. The first-order valence-corrected chi connectivity index (χ1v) is 8.81. The zero-order valence-electron chi connectivity index (χ0n) is 15.1. The molecule has 148 valence electrons. The minimum Gasteiger partial charge on any atom is -0.481 e. The number of esters is 1. The molecule has 7 heteroatoms. The second-order valence-corrected chi connectivity index (χ2v) is 5.47. The van der Waals surface area contributed by atoms with Gasteiger partial charge in [0.15, 0.2) is 0 Å². The molecule has 0 unspecified atom stereocenters. The number of carbonyl (C=O) groups excluding carboxylic acids is 1. The molecule has 1 aromatic rings. The Morgan fingerprint density at radius 3 is 2.04 bits per heavy atom. The normalized spacial score (nSPS) is 9.92. The van der Waals surface area contributed by atoms with Gasteiger partial charge in [-0.15, -0.1) is 0 Å². The Morgan fingerprint density at radius 1 is 0.846 bits per heavy atom. The summed E-state index contributed by atoms with van der Waals surface area (Å²) in [6, 6.07) is 10.1. The SMILES string of the molecule is O=C(O)CCCCC(=O)OCCCc1ccccc1.OCCOCCO. The summed E-state index contributed by atoms with van der Waals surface area (Å²) < 4.78 is 9.72. The molecular formula is C19H30O7. The second kappa shape index (κ2) is 17.8. The largest absolute Gasteiger partial charge is 0.481 e. The van der Waals surface area contributed by atoms with Crippen LogP contribution in [0.3, 0.4) is 0 Å². The van der Waals surface area contributed by atoms with Crippen LogP contribution in [0, 0.1) is 0 Å². The van der Waals surface area contributed by atoms with E-state index >= 15 is 0 Å². The standard InChI is InChI=1S/C15H20O4.C4H10O3/c16-14(17)10-4-5-11-15(18)19-12-6-9-13-7-2-1-3-8-13;5-1-3-7-4-2-6/h1-3,7-8H,4-6,9-12H2,(H,16,17);5-6H,1-4H2. The quantitative estimate of drug-likeness (QED) is 0.358. The molecule has 0 saturated carbocycles. The van der Waals surface area contributed by atoms with Crippen LogP contribution in [0.15, 0.2) is 30.3 Å². The lowest BCUT2D eigenvalue weighted by atomic mass is 10.1. The fraction of sp³-hybridized carbons (Fsp3) is 0.579. The topological polar surface area (TPSA) is 113 Å². The zero-order valence-corrected chi connectivity index (χ0v) is 15.1. The van der Waals surface area contributed by atoms with Crippen LogP contribution in [0.2, 0.25) is 0 Å². The fourth-order valence-electron chi connectivity index (χ4n) is 1.96.